The summed E-state index contributed by atoms with van der Waals surface area (Å²) >= 11 is 0. The molecule has 0 atom stereocenters. The Bertz CT molecular complexity index is 1220. The van der Waals surface area contributed by atoms with Gasteiger partial charge in [-0.15, -0.1) is 0 Å². The van der Waals surface area contributed by atoms with Crippen molar-refractivity contribution in [1.29, 1.82) is 0 Å². The maximum atomic E-state index is 14.1. The number of nitrogens with one attached hydrogen (secondary N) is 1. The number of halogens is 1. The molecule has 29 heavy (non-hydrogen) atoms. The van der Waals surface area contributed by atoms with E-state index in [4.69, 9.17) is 0 Å². The number of aromatic nitrogens is 2. The van der Waals surface area contributed by atoms with Crippen LogP contribution in [0.15, 0.2) is 53.6 Å². The van der Waals surface area contributed by atoms with Crippen LogP contribution in [-0.4, -0.2) is 37.7 Å². The Hall–Kier alpha value is -3.04. The van der Waals surface area contributed by atoms with Crippen molar-refractivity contribution < 1.29 is 17.6 Å². The molecular weight excluding hydrogens is 395 g/mol. The van der Waals surface area contributed by atoms with E-state index in [0.29, 0.717) is 29.9 Å². The highest BCUT2D eigenvalue weighted by Crippen LogP contribution is 2.32. The lowest BCUT2D eigenvalue weighted by Gasteiger charge is -2.17. The molecule has 1 aliphatic heterocycles. The Balaban J connectivity index is 1.68. The van der Waals surface area contributed by atoms with Gasteiger partial charge in [0.15, 0.2) is 0 Å². The zero-order valence-electron chi connectivity index (χ0n) is 15.9. The molecule has 2 aromatic carbocycles. The number of hydrogen-bond acceptors (Lipinski definition) is 4. The number of para-hydroxylation sites is 1. The van der Waals surface area contributed by atoms with Crippen LogP contribution in [0.1, 0.15) is 21.6 Å². The second kappa shape index (κ2) is 7.09. The van der Waals surface area contributed by atoms with Crippen LogP contribution in [0.2, 0.25) is 0 Å². The molecule has 0 bridgehead atoms. The summed E-state index contributed by atoms with van der Waals surface area (Å²) in [6.07, 6.45) is 1.98. The maximum absolute atomic E-state index is 14.1. The van der Waals surface area contributed by atoms with Gasteiger partial charge in [-0.3, -0.25) is 4.79 Å². The first-order chi connectivity index (χ1) is 13.8. The molecule has 1 amide bonds. The number of amides is 1. The quantitative estimate of drug-likeness (QED) is 0.711. The average Bonchev–Trinajstić information content (AvgIpc) is 3.31. The van der Waals surface area contributed by atoms with Crippen LogP contribution in [0, 0.1) is 12.7 Å². The van der Waals surface area contributed by atoms with Crippen LogP contribution in [0.5, 0.6) is 0 Å². The Morgan fingerprint density at radius 1 is 1.17 bits per heavy atom. The van der Waals surface area contributed by atoms with E-state index in [0.717, 1.165) is 5.56 Å². The first-order valence-electron chi connectivity index (χ1n) is 9.01. The summed E-state index contributed by atoms with van der Waals surface area (Å²) in [4.78, 5) is 14.9. The van der Waals surface area contributed by atoms with Crippen molar-refractivity contribution in [1.82, 2.24) is 14.5 Å². The molecule has 3 aromatic rings. The van der Waals surface area contributed by atoms with Gasteiger partial charge < -0.3 is 4.90 Å². The molecule has 2 heterocycles. The third-order valence-corrected chi connectivity index (χ3v) is 6.50. The number of rotatable bonds is 4. The number of hydrogen-bond donors (Lipinski definition) is 1. The van der Waals surface area contributed by atoms with Crippen molar-refractivity contribution in [3.8, 4) is 5.69 Å². The van der Waals surface area contributed by atoms with Gasteiger partial charge in [0.25, 0.3) is 5.91 Å². The second-order valence-corrected chi connectivity index (χ2v) is 8.60. The van der Waals surface area contributed by atoms with Gasteiger partial charge in [0.2, 0.25) is 10.0 Å². The summed E-state index contributed by atoms with van der Waals surface area (Å²) in [5.74, 6) is -0.685. The zero-order valence-corrected chi connectivity index (χ0v) is 16.7. The molecule has 0 fully saturated rings. The van der Waals surface area contributed by atoms with Gasteiger partial charge in [0, 0.05) is 12.2 Å². The minimum absolute atomic E-state index is 0.164. The predicted molar refractivity (Wildman–Crippen MR) is 106 cm³/mol. The molecule has 4 rings (SSSR count). The summed E-state index contributed by atoms with van der Waals surface area (Å²) in [7, 11) is -2.19. The molecule has 150 valence electrons. The zero-order chi connectivity index (χ0) is 20.8. The van der Waals surface area contributed by atoms with E-state index in [-0.39, 0.29) is 16.5 Å². The largest absolute Gasteiger partial charge is 0.308 e. The monoisotopic (exact) mass is 414 g/mol. The van der Waals surface area contributed by atoms with Gasteiger partial charge in [0.1, 0.15) is 11.5 Å². The molecule has 1 N–H and O–H groups in total. The van der Waals surface area contributed by atoms with Crippen LogP contribution in [0.25, 0.3) is 5.69 Å². The van der Waals surface area contributed by atoms with Crippen molar-refractivity contribution in [2.24, 2.45) is 0 Å². The summed E-state index contributed by atoms with van der Waals surface area (Å²) < 4.78 is 41.8. The van der Waals surface area contributed by atoms with E-state index in [1.54, 1.807) is 42.2 Å². The van der Waals surface area contributed by atoms with Crippen molar-refractivity contribution in [2.75, 3.05) is 18.5 Å². The van der Waals surface area contributed by atoms with Gasteiger partial charge in [-0.05, 0) is 56.3 Å². The number of sulfonamides is 1. The van der Waals surface area contributed by atoms with E-state index in [1.807, 2.05) is 0 Å². The van der Waals surface area contributed by atoms with Crippen LogP contribution in [0.3, 0.4) is 0 Å². The third kappa shape index (κ3) is 3.22. The minimum atomic E-state index is -3.55. The number of benzene rings is 2. The minimum Gasteiger partial charge on any atom is -0.308 e. The van der Waals surface area contributed by atoms with Crippen molar-refractivity contribution >= 4 is 21.6 Å². The van der Waals surface area contributed by atoms with Crippen molar-refractivity contribution in [2.45, 2.75) is 18.2 Å². The van der Waals surface area contributed by atoms with E-state index in [9.17, 15) is 17.6 Å². The Morgan fingerprint density at radius 2 is 1.93 bits per heavy atom. The highest BCUT2D eigenvalue weighted by Gasteiger charge is 2.29. The number of carbonyl (C=O) groups is 1. The molecule has 1 aliphatic rings. The van der Waals surface area contributed by atoms with Crippen LogP contribution in [-0.2, 0) is 16.4 Å². The van der Waals surface area contributed by atoms with Crippen LogP contribution in [0.4, 0.5) is 10.1 Å². The van der Waals surface area contributed by atoms with E-state index >= 15 is 0 Å². The SMILES string of the molecule is CNS(=O)(=O)c1ccc2c(c1)CCN2C(=O)c1cnn(-c2ccccc2F)c1C. The van der Waals surface area contributed by atoms with Gasteiger partial charge >= 0.3 is 0 Å². The lowest BCUT2D eigenvalue weighted by molar-refractivity contribution is 0.0988. The molecule has 0 saturated heterocycles. The molecule has 0 aliphatic carbocycles. The summed E-state index contributed by atoms with van der Waals surface area (Å²) in [5.41, 5.74) is 2.63. The molecule has 7 nitrogen and oxygen atoms in total. The Labute approximate surface area is 167 Å². The van der Waals surface area contributed by atoms with Gasteiger partial charge in [-0.2, -0.15) is 5.10 Å². The van der Waals surface area contributed by atoms with E-state index in [1.165, 1.54) is 30.1 Å². The Kier molecular flexibility index (Phi) is 4.71. The second-order valence-electron chi connectivity index (χ2n) is 6.71. The third-order valence-electron chi connectivity index (χ3n) is 5.09. The lowest BCUT2D eigenvalue weighted by Crippen LogP contribution is -2.29. The molecular formula is C20H19FN4O3S. The summed E-state index contributed by atoms with van der Waals surface area (Å²) in [5, 5.41) is 4.19. The first kappa shape index (κ1) is 19.3. The standard InChI is InChI=1S/C20H19FN4O3S/c1-13-16(12-23-25(13)19-6-4-3-5-17(19)21)20(26)24-10-9-14-11-15(7-8-18(14)24)29(27,28)22-2/h3-8,11-12,22H,9-10H2,1-2H3. The smallest absolute Gasteiger partial charge is 0.261 e. The molecule has 0 radical (unpaired) electrons. The van der Waals surface area contributed by atoms with Gasteiger partial charge in [-0.1, -0.05) is 12.1 Å². The molecule has 0 unspecified atom stereocenters. The van der Waals surface area contributed by atoms with Crippen LogP contribution >= 0.6 is 0 Å². The van der Waals surface area contributed by atoms with Crippen molar-refractivity contribution in [3.05, 3.63) is 71.3 Å². The Morgan fingerprint density at radius 3 is 2.66 bits per heavy atom. The first-order valence-corrected chi connectivity index (χ1v) is 10.5. The number of fused-ring (bicyclic) bond motifs is 1. The number of nitrogens with zero attached hydrogens (tertiary/aromatic N) is 3. The highest BCUT2D eigenvalue weighted by molar-refractivity contribution is 7.89. The van der Waals surface area contributed by atoms with Crippen molar-refractivity contribution in [3.63, 3.8) is 0 Å². The van der Waals surface area contributed by atoms with Crippen LogP contribution < -0.4 is 9.62 Å². The number of carbonyl (C=O) groups excluding carboxylic acids is 1. The average molecular weight is 414 g/mol. The number of anilines is 1. The van der Waals surface area contributed by atoms with Gasteiger partial charge in [-0.25, -0.2) is 22.2 Å². The van der Waals surface area contributed by atoms with E-state index < -0.39 is 15.8 Å². The summed E-state index contributed by atoms with van der Waals surface area (Å²) in [6.45, 7) is 2.15. The maximum Gasteiger partial charge on any atom is 0.261 e. The topological polar surface area (TPSA) is 84.3 Å². The molecule has 0 saturated carbocycles. The molecule has 1 aromatic heterocycles. The highest BCUT2D eigenvalue weighted by atomic mass is 32.2. The lowest BCUT2D eigenvalue weighted by atomic mass is 10.1. The fraction of sp³-hybridized carbons (Fsp3) is 0.200. The fourth-order valence-electron chi connectivity index (χ4n) is 3.51. The molecule has 0 spiro atoms. The van der Waals surface area contributed by atoms with E-state index in [2.05, 4.69) is 9.82 Å². The summed E-state index contributed by atoms with van der Waals surface area (Å²) in [6, 6.07) is 10.9. The predicted octanol–water partition coefficient (Wildman–Crippen LogP) is 2.43. The molecule has 9 heteroatoms. The fourth-order valence-corrected chi connectivity index (χ4v) is 4.29. The normalized spacial score (nSPS) is 13.6. The van der Waals surface area contributed by atoms with Gasteiger partial charge in [0.05, 0.1) is 22.3 Å².